The lowest BCUT2D eigenvalue weighted by Gasteiger charge is -2.27. The maximum absolute atomic E-state index is 12.3. The van der Waals surface area contributed by atoms with E-state index < -0.39 is 18.6 Å². The van der Waals surface area contributed by atoms with Crippen LogP contribution in [0.4, 0.5) is 0 Å². The van der Waals surface area contributed by atoms with E-state index in [1.807, 2.05) is 6.92 Å². The van der Waals surface area contributed by atoms with E-state index in [2.05, 4.69) is 22.5 Å². The number of amides is 2. The average Bonchev–Trinajstić information content (AvgIpc) is 2.93. The molecule has 4 N–H and O–H groups in total. The van der Waals surface area contributed by atoms with Gasteiger partial charge in [0.05, 0.1) is 18.2 Å². The summed E-state index contributed by atoms with van der Waals surface area (Å²) in [4.78, 5) is 23.9. The second kappa shape index (κ2) is 8.15. The Bertz CT molecular complexity index is 495. The molecule has 1 saturated carbocycles. The van der Waals surface area contributed by atoms with Crippen molar-refractivity contribution in [2.24, 2.45) is 5.92 Å². The summed E-state index contributed by atoms with van der Waals surface area (Å²) in [6.45, 7) is 5.52. The smallest absolute Gasteiger partial charge is 0.251 e. The van der Waals surface area contributed by atoms with Crippen LogP contribution < -0.4 is 16.0 Å². The predicted molar refractivity (Wildman–Crippen MR) is 88.4 cm³/mol. The lowest BCUT2D eigenvalue weighted by Crippen LogP contribution is -2.44. The Balaban J connectivity index is 2.22. The summed E-state index contributed by atoms with van der Waals surface area (Å²) in [5, 5.41) is 18.1. The molecule has 6 nitrogen and oxygen atoms in total. The predicted octanol–water partition coefficient (Wildman–Crippen LogP) is 0.592. The number of carbonyl (C=O) groups is 2. The van der Waals surface area contributed by atoms with E-state index in [9.17, 15) is 9.59 Å². The van der Waals surface area contributed by atoms with Crippen LogP contribution in [0.1, 0.15) is 39.0 Å². The fourth-order valence-electron chi connectivity index (χ4n) is 3.27. The van der Waals surface area contributed by atoms with E-state index in [0.717, 1.165) is 18.5 Å². The first-order chi connectivity index (χ1) is 11.1. The first-order valence-electron chi connectivity index (χ1n) is 8.37. The molecule has 0 aromatic carbocycles. The molecule has 2 unspecified atom stereocenters. The average molecular weight is 321 g/mol. The largest absolute Gasteiger partial charge is 0.387 e. The van der Waals surface area contributed by atoms with Crippen molar-refractivity contribution in [1.29, 1.82) is 0 Å². The van der Waals surface area contributed by atoms with Gasteiger partial charge in [0.25, 0.3) is 5.91 Å². The second-order valence-corrected chi connectivity index (χ2v) is 6.35. The number of aliphatic hydroxyl groups is 1. The van der Waals surface area contributed by atoms with Crippen molar-refractivity contribution in [1.82, 2.24) is 16.0 Å². The van der Waals surface area contributed by atoms with E-state index in [-0.39, 0.29) is 11.8 Å². The van der Waals surface area contributed by atoms with Gasteiger partial charge in [-0.2, -0.15) is 0 Å². The van der Waals surface area contributed by atoms with Gasteiger partial charge in [-0.1, -0.05) is 32.3 Å². The Morgan fingerprint density at radius 1 is 1.43 bits per heavy atom. The number of rotatable bonds is 7. The standard InChI is InChI=1S/C17H27N3O3/c1-3-11(2)16(20-14(22)10-21)15-13(9-18-17(15)23)19-12-7-5-4-6-8-12/h3,11-12,16,19,21H,1,4-10H2,2H3,(H,18,23)(H,20,22). The fourth-order valence-corrected chi connectivity index (χ4v) is 3.27. The quantitative estimate of drug-likeness (QED) is 0.517. The molecule has 0 aromatic heterocycles. The van der Waals surface area contributed by atoms with Crippen molar-refractivity contribution in [3.63, 3.8) is 0 Å². The molecule has 2 atom stereocenters. The highest BCUT2D eigenvalue weighted by atomic mass is 16.3. The molecule has 23 heavy (non-hydrogen) atoms. The topological polar surface area (TPSA) is 90.5 Å². The fraction of sp³-hybridized carbons (Fsp3) is 0.647. The van der Waals surface area contributed by atoms with Crippen molar-refractivity contribution < 1.29 is 14.7 Å². The van der Waals surface area contributed by atoms with Crippen LogP contribution in [0.5, 0.6) is 0 Å². The van der Waals surface area contributed by atoms with E-state index in [4.69, 9.17) is 5.11 Å². The number of hydrogen-bond donors (Lipinski definition) is 4. The molecule has 1 heterocycles. The minimum atomic E-state index is -0.597. The summed E-state index contributed by atoms with van der Waals surface area (Å²) in [5.74, 6) is -0.777. The lowest BCUT2D eigenvalue weighted by molar-refractivity contribution is -0.124. The Morgan fingerprint density at radius 3 is 2.74 bits per heavy atom. The molecule has 1 aliphatic carbocycles. The van der Waals surface area contributed by atoms with Crippen molar-refractivity contribution in [2.45, 2.75) is 51.1 Å². The Morgan fingerprint density at radius 2 is 2.13 bits per heavy atom. The number of nitrogens with one attached hydrogen (secondary N) is 3. The molecular weight excluding hydrogens is 294 g/mol. The van der Waals surface area contributed by atoms with Crippen LogP contribution in [0.3, 0.4) is 0 Å². The first kappa shape index (κ1) is 17.5. The van der Waals surface area contributed by atoms with Gasteiger partial charge in [-0.25, -0.2) is 0 Å². The highest BCUT2D eigenvalue weighted by molar-refractivity contribution is 5.99. The SMILES string of the molecule is C=CC(C)C(NC(=O)CO)C1=C(NC2CCCCC2)CNC1=O. The third-order valence-electron chi connectivity index (χ3n) is 4.65. The Labute approximate surface area is 137 Å². The van der Waals surface area contributed by atoms with E-state index in [1.54, 1.807) is 6.08 Å². The van der Waals surface area contributed by atoms with Gasteiger partial charge in [-0.15, -0.1) is 6.58 Å². The van der Waals surface area contributed by atoms with Crippen molar-refractivity contribution >= 4 is 11.8 Å². The summed E-state index contributed by atoms with van der Waals surface area (Å²) >= 11 is 0. The summed E-state index contributed by atoms with van der Waals surface area (Å²) in [6, 6.07) is -0.101. The zero-order valence-electron chi connectivity index (χ0n) is 13.7. The minimum absolute atomic E-state index is 0.118. The summed E-state index contributed by atoms with van der Waals surface area (Å²) < 4.78 is 0. The molecule has 6 heteroatoms. The summed E-state index contributed by atoms with van der Waals surface area (Å²) in [5.41, 5.74) is 1.42. The molecule has 0 saturated heterocycles. The van der Waals surface area contributed by atoms with Gasteiger partial charge in [0, 0.05) is 11.7 Å². The third-order valence-corrected chi connectivity index (χ3v) is 4.65. The normalized spacial score (nSPS) is 21.6. The number of aliphatic hydroxyl groups excluding tert-OH is 1. The van der Waals surface area contributed by atoms with Crippen molar-refractivity contribution in [3.8, 4) is 0 Å². The monoisotopic (exact) mass is 321 g/mol. The summed E-state index contributed by atoms with van der Waals surface area (Å²) in [6.07, 6.45) is 7.60. The van der Waals surface area contributed by atoms with Crippen LogP contribution in [0.25, 0.3) is 0 Å². The van der Waals surface area contributed by atoms with E-state index in [1.165, 1.54) is 19.3 Å². The Kier molecular flexibility index (Phi) is 6.21. The van der Waals surface area contributed by atoms with Gasteiger partial charge in [-0.3, -0.25) is 9.59 Å². The Hall–Kier alpha value is -1.82. The number of hydrogen-bond acceptors (Lipinski definition) is 4. The molecule has 0 radical (unpaired) electrons. The second-order valence-electron chi connectivity index (χ2n) is 6.35. The molecule has 2 aliphatic rings. The highest BCUT2D eigenvalue weighted by Gasteiger charge is 2.34. The van der Waals surface area contributed by atoms with E-state index in [0.29, 0.717) is 18.2 Å². The zero-order valence-corrected chi connectivity index (χ0v) is 13.7. The van der Waals surface area contributed by atoms with Gasteiger partial charge in [0.1, 0.15) is 6.61 Å². The van der Waals surface area contributed by atoms with Gasteiger partial charge in [-0.05, 0) is 18.8 Å². The van der Waals surface area contributed by atoms with Gasteiger partial charge < -0.3 is 21.1 Å². The minimum Gasteiger partial charge on any atom is -0.387 e. The molecule has 1 fully saturated rings. The molecule has 0 spiro atoms. The van der Waals surface area contributed by atoms with Crippen molar-refractivity contribution in [3.05, 3.63) is 23.9 Å². The van der Waals surface area contributed by atoms with Crippen LogP contribution in [-0.4, -0.2) is 42.2 Å². The molecule has 0 bridgehead atoms. The maximum Gasteiger partial charge on any atom is 0.251 e. The molecule has 1 aliphatic heterocycles. The van der Waals surface area contributed by atoms with Gasteiger partial charge in [0.15, 0.2) is 0 Å². The first-order valence-corrected chi connectivity index (χ1v) is 8.37. The molecular formula is C17H27N3O3. The van der Waals surface area contributed by atoms with Crippen molar-refractivity contribution in [2.75, 3.05) is 13.2 Å². The van der Waals surface area contributed by atoms with Crippen LogP contribution in [0.2, 0.25) is 0 Å². The van der Waals surface area contributed by atoms with Crippen LogP contribution in [0.15, 0.2) is 23.9 Å². The molecule has 0 aromatic rings. The summed E-state index contributed by atoms with van der Waals surface area (Å²) in [7, 11) is 0. The number of carbonyl (C=O) groups excluding carboxylic acids is 2. The van der Waals surface area contributed by atoms with Gasteiger partial charge >= 0.3 is 0 Å². The van der Waals surface area contributed by atoms with Gasteiger partial charge in [0.2, 0.25) is 5.91 Å². The lowest BCUT2D eigenvalue weighted by atomic mass is 9.92. The van der Waals surface area contributed by atoms with E-state index >= 15 is 0 Å². The zero-order chi connectivity index (χ0) is 16.8. The third kappa shape index (κ3) is 4.34. The highest BCUT2D eigenvalue weighted by Crippen LogP contribution is 2.23. The molecule has 2 rings (SSSR count). The maximum atomic E-state index is 12.3. The molecule has 128 valence electrons. The van der Waals surface area contributed by atoms with Crippen LogP contribution in [-0.2, 0) is 9.59 Å². The molecule has 2 amide bonds. The van der Waals surface area contributed by atoms with Crippen LogP contribution in [0, 0.1) is 5.92 Å². The van der Waals surface area contributed by atoms with Crippen LogP contribution >= 0.6 is 0 Å².